The Hall–Kier alpha value is -0.980. The van der Waals surface area contributed by atoms with Crippen molar-refractivity contribution in [1.29, 1.82) is 0 Å². The molecule has 0 aromatic heterocycles. The van der Waals surface area contributed by atoms with Crippen molar-refractivity contribution < 1.29 is 0 Å². The molecule has 0 radical (unpaired) electrons. The van der Waals surface area contributed by atoms with Gasteiger partial charge in [0.1, 0.15) is 0 Å². The smallest absolute Gasteiger partial charge is 0.0334 e. The van der Waals surface area contributed by atoms with Crippen LogP contribution in [0.1, 0.15) is 20.8 Å². The Kier molecular flexibility index (Phi) is 13.6. The van der Waals surface area contributed by atoms with Crippen LogP contribution in [0, 0.1) is 0 Å². The van der Waals surface area contributed by atoms with Gasteiger partial charge < -0.3 is 5.32 Å². The van der Waals surface area contributed by atoms with Crippen molar-refractivity contribution in [3.63, 3.8) is 0 Å². The van der Waals surface area contributed by atoms with E-state index in [9.17, 15) is 0 Å². The van der Waals surface area contributed by atoms with E-state index < -0.39 is 0 Å². The maximum atomic E-state index is 3.58. The van der Waals surface area contributed by atoms with Crippen LogP contribution in [0.2, 0.25) is 0 Å². The standard InChI is InChI=1S/C8H13N.C2H6/c1-4-6-8(9-3)7-5-2;1-2/h4-7,9H,1H2,2-3H3;1-2H3/b7-5-,8-6+;. The van der Waals surface area contributed by atoms with E-state index in [2.05, 4.69) is 11.9 Å². The summed E-state index contributed by atoms with van der Waals surface area (Å²) in [4.78, 5) is 0. The lowest BCUT2D eigenvalue weighted by Crippen LogP contribution is -2.01. The fourth-order valence-electron chi connectivity index (χ4n) is 0.529. The van der Waals surface area contributed by atoms with Crippen LogP contribution in [0.4, 0.5) is 0 Å². The van der Waals surface area contributed by atoms with Crippen molar-refractivity contribution in [2.45, 2.75) is 20.8 Å². The van der Waals surface area contributed by atoms with Crippen LogP contribution >= 0.6 is 0 Å². The van der Waals surface area contributed by atoms with Gasteiger partial charge in [0.05, 0.1) is 0 Å². The zero-order valence-corrected chi connectivity index (χ0v) is 8.02. The first-order valence-electron chi connectivity index (χ1n) is 3.98. The number of allylic oxidation sites excluding steroid dienone is 4. The third-order valence-electron chi connectivity index (χ3n) is 0.932. The molecule has 0 aromatic rings. The summed E-state index contributed by atoms with van der Waals surface area (Å²) in [5, 5.41) is 3.01. The molecule has 64 valence electrons. The summed E-state index contributed by atoms with van der Waals surface area (Å²) in [7, 11) is 1.88. The van der Waals surface area contributed by atoms with E-state index in [1.165, 1.54) is 0 Å². The van der Waals surface area contributed by atoms with Crippen molar-refractivity contribution in [2.24, 2.45) is 0 Å². The van der Waals surface area contributed by atoms with E-state index in [1.807, 2.05) is 46.0 Å². The van der Waals surface area contributed by atoms with Crippen molar-refractivity contribution in [3.8, 4) is 0 Å². The molecule has 0 aliphatic heterocycles. The van der Waals surface area contributed by atoms with Gasteiger partial charge in [-0.1, -0.05) is 32.6 Å². The average Bonchev–Trinajstić information content (AvgIpc) is 2.08. The SMILES string of the molecule is C=C/C=C(\C=C/C)NC.CC. The summed E-state index contributed by atoms with van der Waals surface area (Å²) in [5.74, 6) is 0. The lowest BCUT2D eigenvalue weighted by molar-refractivity contribution is 1.03. The highest BCUT2D eigenvalue weighted by Gasteiger charge is 1.78. The monoisotopic (exact) mass is 153 g/mol. The second kappa shape index (κ2) is 11.8. The van der Waals surface area contributed by atoms with Crippen molar-refractivity contribution in [3.05, 3.63) is 36.6 Å². The van der Waals surface area contributed by atoms with Gasteiger partial charge in [-0.2, -0.15) is 0 Å². The van der Waals surface area contributed by atoms with Crippen LogP contribution in [-0.2, 0) is 0 Å². The molecule has 0 saturated carbocycles. The molecular weight excluding hydrogens is 134 g/mol. The van der Waals surface area contributed by atoms with Gasteiger partial charge >= 0.3 is 0 Å². The topological polar surface area (TPSA) is 12.0 Å². The van der Waals surface area contributed by atoms with E-state index in [0.717, 1.165) is 5.70 Å². The van der Waals surface area contributed by atoms with E-state index in [1.54, 1.807) is 6.08 Å². The van der Waals surface area contributed by atoms with Crippen LogP contribution in [0.25, 0.3) is 0 Å². The molecule has 0 unspecified atom stereocenters. The fourth-order valence-corrected chi connectivity index (χ4v) is 0.529. The number of hydrogen-bond donors (Lipinski definition) is 1. The van der Waals surface area contributed by atoms with Crippen LogP contribution in [-0.4, -0.2) is 7.05 Å². The maximum absolute atomic E-state index is 3.58. The van der Waals surface area contributed by atoms with Crippen LogP contribution in [0.3, 0.4) is 0 Å². The van der Waals surface area contributed by atoms with Gasteiger partial charge in [-0.05, 0) is 19.1 Å². The molecule has 0 heterocycles. The minimum absolute atomic E-state index is 1.08. The van der Waals surface area contributed by atoms with Gasteiger partial charge in [0, 0.05) is 12.7 Å². The fraction of sp³-hybridized carbons (Fsp3) is 0.400. The molecule has 1 heteroatoms. The molecule has 0 bridgehead atoms. The predicted octanol–water partition coefficient (Wildman–Crippen LogP) is 2.88. The molecule has 0 aliphatic rings. The Balaban J connectivity index is 0. The highest BCUT2D eigenvalue weighted by atomic mass is 14.8. The zero-order chi connectivity index (χ0) is 9.11. The van der Waals surface area contributed by atoms with Gasteiger partial charge in [0.2, 0.25) is 0 Å². The second-order valence-electron chi connectivity index (χ2n) is 1.61. The summed E-state index contributed by atoms with van der Waals surface area (Å²) < 4.78 is 0. The molecule has 0 spiro atoms. The van der Waals surface area contributed by atoms with Gasteiger partial charge in [-0.15, -0.1) is 0 Å². The molecule has 0 aliphatic carbocycles. The zero-order valence-electron chi connectivity index (χ0n) is 8.02. The quantitative estimate of drug-likeness (QED) is 0.615. The minimum atomic E-state index is 1.08. The molecule has 1 nitrogen and oxygen atoms in total. The number of likely N-dealkylation sites (N-methyl/N-ethyl adjacent to an activating group) is 1. The molecular formula is C10H19N. The van der Waals surface area contributed by atoms with E-state index in [4.69, 9.17) is 0 Å². The Bertz CT molecular complexity index is 132. The van der Waals surface area contributed by atoms with Gasteiger partial charge in [0.15, 0.2) is 0 Å². The second-order valence-corrected chi connectivity index (χ2v) is 1.61. The first kappa shape index (κ1) is 12.7. The summed E-state index contributed by atoms with van der Waals surface area (Å²) in [6, 6.07) is 0. The Labute approximate surface area is 70.5 Å². The van der Waals surface area contributed by atoms with Crippen LogP contribution in [0.5, 0.6) is 0 Å². The van der Waals surface area contributed by atoms with E-state index in [-0.39, 0.29) is 0 Å². The molecule has 0 saturated heterocycles. The average molecular weight is 153 g/mol. The molecule has 0 amide bonds. The summed E-state index contributed by atoms with van der Waals surface area (Å²) >= 11 is 0. The lowest BCUT2D eigenvalue weighted by atomic mass is 10.3. The van der Waals surface area contributed by atoms with E-state index in [0.29, 0.717) is 0 Å². The molecule has 1 N–H and O–H groups in total. The van der Waals surface area contributed by atoms with Crippen LogP contribution in [0.15, 0.2) is 36.6 Å². The van der Waals surface area contributed by atoms with E-state index >= 15 is 0 Å². The maximum Gasteiger partial charge on any atom is 0.0334 e. The number of nitrogens with one attached hydrogen (secondary N) is 1. The summed E-state index contributed by atoms with van der Waals surface area (Å²) in [6.07, 6.45) is 7.64. The predicted molar refractivity (Wildman–Crippen MR) is 53.5 cm³/mol. The summed E-state index contributed by atoms with van der Waals surface area (Å²) in [6.45, 7) is 9.56. The summed E-state index contributed by atoms with van der Waals surface area (Å²) in [5.41, 5.74) is 1.08. The molecule has 11 heavy (non-hydrogen) atoms. The highest BCUT2D eigenvalue weighted by molar-refractivity contribution is 5.20. The Morgan fingerprint density at radius 1 is 1.36 bits per heavy atom. The first-order chi connectivity index (χ1) is 5.35. The normalized spacial score (nSPS) is 10.4. The van der Waals surface area contributed by atoms with Gasteiger partial charge in [0.25, 0.3) is 0 Å². The Morgan fingerprint density at radius 2 is 1.91 bits per heavy atom. The van der Waals surface area contributed by atoms with Gasteiger partial charge in [-0.25, -0.2) is 0 Å². The lowest BCUT2D eigenvalue weighted by Gasteiger charge is -1.95. The number of hydrogen-bond acceptors (Lipinski definition) is 1. The third kappa shape index (κ3) is 9.02. The van der Waals surface area contributed by atoms with Crippen molar-refractivity contribution in [2.75, 3.05) is 7.05 Å². The minimum Gasteiger partial charge on any atom is -0.388 e. The van der Waals surface area contributed by atoms with Crippen molar-refractivity contribution >= 4 is 0 Å². The largest absolute Gasteiger partial charge is 0.388 e. The highest BCUT2D eigenvalue weighted by Crippen LogP contribution is 1.89. The third-order valence-corrected chi connectivity index (χ3v) is 0.932. The molecule has 0 rings (SSSR count). The molecule has 0 fully saturated rings. The number of rotatable bonds is 3. The Morgan fingerprint density at radius 3 is 2.18 bits per heavy atom. The molecule has 0 atom stereocenters. The van der Waals surface area contributed by atoms with Crippen molar-refractivity contribution in [1.82, 2.24) is 5.32 Å². The van der Waals surface area contributed by atoms with Gasteiger partial charge in [-0.3, -0.25) is 0 Å². The first-order valence-corrected chi connectivity index (χ1v) is 3.98. The molecule has 0 aromatic carbocycles. The van der Waals surface area contributed by atoms with Crippen LogP contribution < -0.4 is 5.32 Å².